The average Bonchev–Trinajstić information content (AvgIpc) is 3.09. The van der Waals surface area contributed by atoms with Crippen molar-refractivity contribution in [1.82, 2.24) is 20.0 Å². The van der Waals surface area contributed by atoms with E-state index in [2.05, 4.69) is 36.4 Å². The van der Waals surface area contributed by atoms with E-state index in [-0.39, 0.29) is 17.9 Å². The minimum Gasteiger partial charge on any atom is -0.497 e. The molecule has 28 heavy (non-hydrogen) atoms. The molecule has 152 valence electrons. The molecule has 1 aromatic heterocycles. The van der Waals surface area contributed by atoms with Gasteiger partial charge in [0.05, 0.1) is 18.8 Å². The van der Waals surface area contributed by atoms with E-state index in [4.69, 9.17) is 4.74 Å². The molecule has 0 unspecified atom stereocenters. The summed E-state index contributed by atoms with van der Waals surface area (Å²) < 4.78 is 7.15. The summed E-state index contributed by atoms with van der Waals surface area (Å²) in [5, 5.41) is 8.16. The second-order valence-electron chi connectivity index (χ2n) is 7.95. The van der Waals surface area contributed by atoms with Crippen LogP contribution in [0.3, 0.4) is 0 Å². The highest BCUT2D eigenvalue weighted by molar-refractivity contribution is 5.79. The number of aromatic nitrogens is 2. The molecule has 0 radical (unpaired) electrons. The van der Waals surface area contributed by atoms with Crippen LogP contribution in [-0.4, -0.2) is 47.8 Å². The van der Waals surface area contributed by atoms with Crippen molar-refractivity contribution in [2.24, 2.45) is 13.0 Å². The highest BCUT2D eigenvalue weighted by Crippen LogP contribution is 2.39. The van der Waals surface area contributed by atoms with Gasteiger partial charge in [0.2, 0.25) is 5.91 Å². The first kappa shape index (κ1) is 20.4. The highest BCUT2D eigenvalue weighted by Gasteiger charge is 2.40. The molecular weight excluding hydrogens is 352 g/mol. The molecule has 0 aliphatic carbocycles. The summed E-state index contributed by atoms with van der Waals surface area (Å²) >= 11 is 0. The Morgan fingerprint density at radius 3 is 2.50 bits per heavy atom. The van der Waals surface area contributed by atoms with Crippen LogP contribution in [0.1, 0.15) is 47.8 Å². The fourth-order valence-electron chi connectivity index (χ4n) is 4.32. The molecule has 2 aromatic rings. The maximum absolute atomic E-state index is 12.4. The number of benzene rings is 1. The Kier molecular flexibility index (Phi) is 6.08. The monoisotopic (exact) mass is 384 g/mol. The van der Waals surface area contributed by atoms with Crippen molar-refractivity contribution in [2.45, 2.75) is 39.2 Å². The lowest BCUT2D eigenvalue weighted by Gasteiger charge is -2.26. The number of hydrogen-bond donors (Lipinski definition) is 1. The number of aryl methyl sites for hydroxylation is 2. The molecule has 0 spiro atoms. The zero-order valence-corrected chi connectivity index (χ0v) is 17.8. The molecule has 3 atom stereocenters. The third-order valence-corrected chi connectivity index (χ3v) is 6.10. The molecule has 3 rings (SSSR count). The average molecular weight is 385 g/mol. The smallest absolute Gasteiger partial charge is 0.223 e. The van der Waals surface area contributed by atoms with Gasteiger partial charge in [0.15, 0.2) is 0 Å². The second-order valence-corrected chi connectivity index (χ2v) is 7.95. The predicted molar refractivity (Wildman–Crippen MR) is 111 cm³/mol. The Morgan fingerprint density at radius 1 is 1.25 bits per heavy atom. The van der Waals surface area contributed by atoms with Crippen LogP contribution in [0, 0.1) is 19.8 Å². The molecule has 1 N–H and O–H groups in total. The molecule has 0 bridgehead atoms. The summed E-state index contributed by atoms with van der Waals surface area (Å²) in [6.07, 6.45) is 0.582. The zero-order chi connectivity index (χ0) is 20.4. The number of likely N-dealkylation sites (tertiary alicyclic amines) is 1. The first-order chi connectivity index (χ1) is 13.3. The SMILES string of the molecule is COc1ccc([C@@H](C)CNC[C@@H]2CC(=O)N(C)[C@H]2c2c(C)nn(C)c2C)cc1. The van der Waals surface area contributed by atoms with Crippen molar-refractivity contribution < 1.29 is 9.53 Å². The summed E-state index contributed by atoms with van der Waals surface area (Å²) in [5.41, 5.74) is 4.64. The molecule has 6 heteroatoms. The number of hydrogen-bond acceptors (Lipinski definition) is 4. The van der Waals surface area contributed by atoms with E-state index >= 15 is 0 Å². The molecule has 1 aliphatic heterocycles. The molecule has 0 saturated carbocycles. The maximum Gasteiger partial charge on any atom is 0.223 e. The van der Waals surface area contributed by atoms with Crippen molar-refractivity contribution in [1.29, 1.82) is 0 Å². The van der Waals surface area contributed by atoms with Gasteiger partial charge in [-0.2, -0.15) is 5.10 Å². The largest absolute Gasteiger partial charge is 0.497 e. The van der Waals surface area contributed by atoms with E-state index in [1.54, 1.807) is 7.11 Å². The van der Waals surface area contributed by atoms with E-state index in [0.29, 0.717) is 12.3 Å². The maximum atomic E-state index is 12.4. The van der Waals surface area contributed by atoms with Crippen molar-refractivity contribution in [3.05, 3.63) is 46.8 Å². The Morgan fingerprint density at radius 2 is 1.93 bits per heavy atom. The minimum atomic E-state index is 0.0880. The van der Waals surface area contributed by atoms with Crippen LogP contribution in [0.5, 0.6) is 5.75 Å². The van der Waals surface area contributed by atoms with Crippen LogP contribution in [0.2, 0.25) is 0 Å². The van der Waals surface area contributed by atoms with Crippen LogP contribution in [-0.2, 0) is 11.8 Å². The van der Waals surface area contributed by atoms with E-state index in [1.165, 1.54) is 11.1 Å². The number of ether oxygens (including phenoxy) is 1. The number of carbonyl (C=O) groups is 1. The van der Waals surface area contributed by atoms with Gasteiger partial charge in [-0.05, 0) is 37.5 Å². The standard InChI is InChI=1S/C22H32N4O2/c1-14(17-7-9-19(28-6)10-8-17)12-23-13-18-11-20(27)25(4)22(18)21-15(2)24-26(5)16(21)3/h7-10,14,18,22-23H,11-13H2,1-6H3/t14-,18-,22+/m0/s1. The van der Waals surface area contributed by atoms with Crippen molar-refractivity contribution in [2.75, 3.05) is 27.2 Å². The zero-order valence-electron chi connectivity index (χ0n) is 17.8. The fourth-order valence-corrected chi connectivity index (χ4v) is 4.32. The summed E-state index contributed by atoms with van der Waals surface area (Å²) in [4.78, 5) is 14.3. The van der Waals surface area contributed by atoms with Crippen LogP contribution >= 0.6 is 0 Å². The lowest BCUT2D eigenvalue weighted by atomic mass is 9.92. The van der Waals surface area contributed by atoms with Gasteiger partial charge in [0.1, 0.15) is 5.75 Å². The third kappa shape index (κ3) is 3.92. The van der Waals surface area contributed by atoms with Crippen LogP contribution in [0.15, 0.2) is 24.3 Å². The van der Waals surface area contributed by atoms with Gasteiger partial charge in [-0.1, -0.05) is 19.1 Å². The summed E-state index contributed by atoms with van der Waals surface area (Å²) in [7, 11) is 5.56. The Hall–Kier alpha value is -2.34. The molecule has 1 aromatic carbocycles. The predicted octanol–water partition coefficient (Wildman–Crippen LogP) is 2.96. The quantitative estimate of drug-likeness (QED) is 0.797. The van der Waals surface area contributed by atoms with Gasteiger partial charge >= 0.3 is 0 Å². The lowest BCUT2D eigenvalue weighted by molar-refractivity contribution is -0.127. The molecule has 2 heterocycles. The fraction of sp³-hybridized carbons (Fsp3) is 0.545. The van der Waals surface area contributed by atoms with Gasteiger partial charge in [-0.15, -0.1) is 0 Å². The van der Waals surface area contributed by atoms with E-state index < -0.39 is 0 Å². The molecule has 1 amide bonds. The van der Waals surface area contributed by atoms with Crippen molar-refractivity contribution in [3.8, 4) is 5.75 Å². The van der Waals surface area contributed by atoms with Crippen LogP contribution < -0.4 is 10.1 Å². The molecule has 6 nitrogen and oxygen atoms in total. The number of nitrogens with one attached hydrogen (secondary N) is 1. The third-order valence-electron chi connectivity index (χ3n) is 6.10. The molecule has 1 aliphatic rings. The highest BCUT2D eigenvalue weighted by atomic mass is 16.5. The number of amides is 1. The van der Waals surface area contributed by atoms with Gasteiger partial charge < -0.3 is 15.0 Å². The van der Waals surface area contributed by atoms with Crippen LogP contribution in [0.25, 0.3) is 0 Å². The first-order valence-corrected chi connectivity index (χ1v) is 9.93. The number of carbonyl (C=O) groups excluding carboxylic acids is 1. The van der Waals surface area contributed by atoms with Gasteiger partial charge in [-0.3, -0.25) is 9.48 Å². The first-order valence-electron chi connectivity index (χ1n) is 9.93. The normalized spacial score (nSPS) is 20.6. The van der Waals surface area contributed by atoms with E-state index in [9.17, 15) is 4.79 Å². The molecule has 1 saturated heterocycles. The van der Waals surface area contributed by atoms with E-state index in [0.717, 1.165) is 30.2 Å². The van der Waals surface area contributed by atoms with Gasteiger partial charge in [0.25, 0.3) is 0 Å². The topological polar surface area (TPSA) is 59.4 Å². The summed E-state index contributed by atoms with van der Waals surface area (Å²) in [6, 6.07) is 8.32. The number of methoxy groups -OCH3 is 1. The van der Waals surface area contributed by atoms with E-state index in [1.807, 2.05) is 42.7 Å². The van der Waals surface area contributed by atoms with Gasteiger partial charge in [-0.25, -0.2) is 0 Å². The summed E-state index contributed by atoms with van der Waals surface area (Å²) in [5.74, 6) is 1.73. The Bertz CT molecular complexity index is 828. The minimum absolute atomic E-state index is 0.0880. The van der Waals surface area contributed by atoms with Crippen LogP contribution in [0.4, 0.5) is 0 Å². The van der Waals surface area contributed by atoms with Crippen molar-refractivity contribution >= 4 is 5.91 Å². The van der Waals surface area contributed by atoms with Crippen molar-refractivity contribution in [3.63, 3.8) is 0 Å². The summed E-state index contributed by atoms with van der Waals surface area (Å²) in [6.45, 7) is 8.03. The second kappa shape index (κ2) is 8.35. The molecular formula is C22H32N4O2. The number of nitrogens with zero attached hydrogens (tertiary/aromatic N) is 3. The number of rotatable bonds is 7. The van der Waals surface area contributed by atoms with Gasteiger partial charge in [0, 0.05) is 50.8 Å². The molecule has 1 fully saturated rings. The Balaban J connectivity index is 1.66. The Labute approximate surface area is 167 Å². The lowest BCUT2D eigenvalue weighted by Crippen LogP contribution is -2.31.